The van der Waals surface area contributed by atoms with Crippen molar-refractivity contribution in [1.29, 1.82) is 0 Å². The summed E-state index contributed by atoms with van der Waals surface area (Å²) in [6.07, 6.45) is 5.23. The Morgan fingerprint density at radius 3 is 2.75 bits per heavy atom. The van der Waals surface area contributed by atoms with Crippen molar-refractivity contribution in [2.75, 3.05) is 13.6 Å². The molecule has 0 spiro atoms. The van der Waals surface area contributed by atoms with Gasteiger partial charge in [0.25, 0.3) is 0 Å². The fourth-order valence-electron chi connectivity index (χ4n) is 1.33. The van der Waals surface area contributed by atoms with Crippen molar-refractivity contribution in [3.63, 3.8) is 0 Å². The van der Waals surface area contributed by atoms with E-state index in [1.807, 2.05) is 13.2 Å². The molecule has 0 aliphatic heterocycles. The van der Waals surface area contributed by atoms with Crippen molar-refractivity contribution in [2.24, 2.45) is 0 Å². The molecule has 1 rings (SSSR count). The highest BCUT2D eigenvalue weighted by Crippen LogP contribution is 2.25. The van der Waals surface area contributed by atoms with Crippen molar-refractivity contribution < 1.29 is 0 Å². The molecule has 0 fully saturated rings. The number of aromatic nitrogens is 1. The number of H-pyrrole nitrogens is 1. The Bertz CT molecular complexity index is 212. The number of hydrogen-bond acceptors (Lipinski definition) is 1. The van der Waals surface area contributed by atoms with Crippen LogP contribution in [0.15, 0.2) is 18.5 Å². The Morgan fingerprint density at radius 2 is 2.25 bits per heavy atom. The van der Waals surface area contributed by atoms with E-state index in [9.17, 15) is 0 Å². The van der Waals surface area contributed by atoms with Gasteiger partial charge in [0.05, 0.1) is 0 Å². The minimum atomic E-state index is 0.281. The molecule has 2 N–H and O–H groups in total. The maximum atomic E-state index is 3.18. The molecule has 0 amide bonds. The minimum absolute atomic E-state index is 0.281. The summed E-state index contributed by atoms with van der Waals surface area (Å²) in [6.45, 7) is 5.61. The maximum Gasteiger partial charge on any atom is 0.00428 e. The van der Waals surface area contributed by atoms with Crippen LogP contribution in [0.3, 0.4) is 0 Å². The number of nitrogens with one attached hydrogen (secondary N) is 2. The Hall–Kier alpha value is -0.760. The Kier molecular flexibility index (Phi) is 2.93. The van der Waals surface area contributed by atoms with Crippen LogP contribution in [0, 0.1) is 0 Å². The number of hydrogen-bond donors (Lipinski definition) is 2. The van der Waals surface area contributed by atoms with Gasteiger partial charge in [0.2, 0.25) is 0 Å². The number of aromatic amines is 1. The molecule has 2 heteroatoms. The summed E-state index contributed by atoms with van der Waals surface area (Å²) in [5.41, 5.74) is 1.67. The molecule has 1 heterocycles. The van der Waals surface area contributed by atoms with Crippen LogP contribution in [0.1, 0.15) is 25.8 Å². The van der Waals surface area contributed by atoms with Crippen LogP contribution in [0.2, 0.25) is 0 Å². The average molecular weight is 166 g/mol. The zero-order chi connectivity index (χ0) is 9.03. The normalized spacial score (nSPS) is 11.9. The molecule has 0 unspecified atom stereocenters. The summed E-state index contributed by atoms with van der Waals surface area (Å²) in [5.74, 6) is 0. The average Bonchev–Trinajstić information content (AvgIpc) is 2.53. The predicted molar refractivity (Wildman–Crippen MR) is 52.4 cm³/mol. The zero-order valence-corrected chi connectivity index (χ0v) is 8.15. The zero-order valence-electron chi connectivity index (χ0n) is 8.15. The molecule has 0 atom stereocenters. The minimum Gasteiger partial charge on any atom is -0.367 e. The van der Waals surface area contributed by atoms with Crippen molar-refractivity contribution >= 4 is 0 Å². The first-order chi connectivity index (χ1) is 5.67. The van der Waals surface area contributed by atoms with E-state index >= 15 is 0 Å². The SMILES string of the molecule is CNCCC(C)(C)c1cc[nH]c1. The van der Waals surface area contributed by atoms with Gasteiger partial charge in [-0.25, -0.2) is 0 Å². The summed E-state index contributed by atoms with van der Waals surface area (Å²) in [6, 6.07) is 2.15. The molecule has 1 aromatic rings. The third kappa shape index (κ3) is 2.11. The highest BCUT2D eigenvalue weighted by Gasteiger charge is 2.19. The molecule has 0 aliphatic rings. The van der Waals surface area contributed by atoms with Gasteiger partial charge >= 0.3 is 0 Å². The van der Waals surface area contributed by atoms with Gasteiger partial charge in [-0.15, -0.1) is 0 Å². The molecule has 68 valence electrons. The van der Waals surface area contributed by atoms with Crippen LogP contribution in [-0.2, 0) is 5.41 Å². The van der Waals surface area contributed by atoms with Crippen molar-refractivity contribution in [3.05, 3.63) is 24.0 Å². The highest BCUT2D eigenvalue weighted by atomic mass is 14.8. The van der Waals surface area contributed by atoms with E-state index in [-0.39, 0.29) is 5.41 Å². The fraction of sp³-hybridized carbons (Fsp3) is 0.600. The van der Waals surface area contributed by atoms with Crippen molar-refractivity contribution in [2.45, 2.75) is 25.7 Å². The lowest BCUT2D eigenvalue weighted by molar-refractivity contribution is 0.469. The molecule has 0 radical (unpaired) electrons. The van der Waals surface area contributed by atoms with Crippen LogP contribution in [0.25, 0.3) is 0 Å². The van der Waals surface area contributed by atoms with Gasteiger partial charge in [0.1, 0.15) is 0 Å². The summed E-state index contributed by atoms with van der Waals surface area (Å²) in [7, 11) is 1.99. The monoisotopic (exact) mass is 166 g/mol. The van der Waals surface area contributed by atoms with Crippen LogP contribution in [0.4, 0.5) is 0 Å². The lowest BCUT2D eigenvalue weighted by Crippen LogP contribution is -2.22. The quantitative estimate of drug-likeness (QED) is 0.702. The van der Waals surface area contributed by atoms with E-state index in [0.29, 0.717) is 0 Å². The molecule has 0 bridgehead atoms. The lowest BCUT2D eigenvalue weighted by Gasteiger charge is -2.23. The second-order valence-electron chi connectivity index (χ2n) is 3.84. The molecule has 0 aromatic carbocycles. The van der Waals surface area contributed by atoms with E-state index in [2.05, 4.69) is 36.4 Å². The molecule has 12 heavy (non-hydrogen) atoms. The first-order valence-corrected chi connectivity index (χ1v) is 4.45. The summed E-state index contributed by atoms with van der Waals surface area (Å²) in [5, 5.41) is 3.18. The Balaban J connectivity index is 2.59. The van der Waals surface area contributed by atoms with E-state index in [1.54, 1.807) is 0 Å². The van der Waals surface area contributed by atoms with Gasteiger partial charge < -0.3 is 10.3 Å². The van der Waals surface area contributed by atoms with Crippen molar-refractivity contribution in [3.8, 4) is 0 Å². The molecule has 0 aliphatic carbocycles. The summed E-state index contributed by atoms with van der Waals surface area (Å²) in [4.78, 5) is 3.09. The first-order valence-electron chi connectivity index (χ1n) is 4.45. The van der Waals surface area contributed by atoms with Gasteiger partial charge in [0.15, 0.2) is 0 Å². The second-order valence-corrected chi connectivity index (χ2v) is 3.84. The summed E-state index contributed by atoms with van der Waals surface area (Å²) >= 11 is 0. The standard InChI is InChI=1S/C10H18N2/c1-10(2,5-7-11-3)9-4-6-12-8-9/h4,6,8,11-12H,5,7H2,1-3H3. The fourth-order valence-corrected chi connectivity index (χ4v) is 1.33. The molecule has 0 saturated heterocycles. The lowest BCUT2D eigenvalue weighted by atomic mass is 9.83. The van der Waals surface area contributed by atoms with Crippen LogP contribution < -0.4 is 5.32 Å². The van der Waals surface area contributed by atoms with Crippen LogP contribution in [0.5, 0.6) is 0 Å². The van der Waals surface area contributed by atoms with E-state index < -0.39 is 0 Å². The highest BCUT2D eigenvalue weighted by molar-refractivity contribution is 5.19. The molecular weight excluding hydrogens is 148 g/mol. The van der Waals surface area contributed by atoms with Crippen LogP contribution >= 0.6 is 0 Å². The van der Waals surface area contributed by atoms with Gasteiger partial charge in [-0.2, -0.15) is 0 Å². The molecular formula is C10H18N2. The van der Waals surface area contributed by atoms with E-state index in [0.717, 1.165) is 6.54 Å². The molecule has 1 aromatic heterocycles. The third-order valence-electron chi connectivity index (χ3n) is 2.38. The summed E-state index contributed by atoms with van der Waals surface area (Å²) < 4.78 is 0. The molecule has 2 nitrogen and oxygen atoms in total. The predicted octanol–water partition coefficient (Wildman–Crippen LogP) is 1.90. The third-order valence-corrected chi connectivity index (χ3v) is 2.38. The topological polar surface area (TPSA) is 27.8 Å². The smallest absolute Gasteiger partial charge is 0.00428 e. The van der Waals surface area contributed by atoms with Gasteiger partial charge in [0, 0.05) is 12.4 Å². The van der Waals surface area contributed by atoms with E-state index in [1.165, 1.54) is 12.0 Å². The second kappa shape index (κ2) is 3.76. The largest absolute Gasteiger partial charge is 0.367 e. The van der Waals surface area contributed by atoms with Crippen LogP contribution in [-0.4, -0.2) is 18.6 Å². The van der Waals surface area contributed by atoms with Crippen molar-refractivity contribution in [1.82, 2.24) is 10.3 Å². The first kappa shape index (κ1) is 9.33. The molecule has 0 saturated carbocycles. The number of rotatable bonds is 4. The van der Waals surface area contributed by atoms with Gasteiger partial charge in [-0.05, 0) is 37.1 Å². The maximum absolute atomic E-state index is 3.18. The Labute approximate surface area is 74.4 Å². The van der Waals surface area contributed by atoms with Gasteiger partial charge in [-0.1, -0.05) is 13.8 Å². The van der Waals surface area contributed by atoms with Gasteiger partial charge in [-0.3, -0.25) is 0 Å². The van der Waals surface area contributed by atoms with E-state index in [4.69, 9.17) is 0 Å². The Morgan fingerprint density at radius 1 is 1.50 bits per heavy atom.